The fourth-order valence-electron chi connectivity index (χ4n) is 2.42. The quantitative estimate of drug-likeness (QED) is 0.879. The third kappa shape index (κ3) is 2.74. The maximum absolute atomic E-state index is 11.7. The van der Waals surface area contributed by atoms with Gasteiger partial charge >= 0.3 is 5.97 Å². The van der Waals surface area contributed by atoms with Gasteiger partial charge in [-0.15, -0.1) is 0 Å². The van der Waals surface area contributed by atoms with Gasteiger partial charge in [0.15, 0.2) is 10.6 Å². The first kappa shape index (κ1) is 14.7. The first-order chi connectivity index (χ1) is 10.5. The predicted octanol–water partition coefficient (Wildman–Crippen LogP) is 3.33. The third-order valence-corrected chi connectivity index (χ3v) is 4.92. The number of aromatic carboxylic acids is 1. The molecule has 0 radical (unpaired) electrons. The lowest BCUT2D eigenvalue weighted by Gasteiger charge is -2.03. The molecule has 0 spiro atoms. The van der Waals surface area contributed by atoms with E-state index in [0.29, 0.717) is 11.7 Å². The highest BCUT2D eigenvalue weighted by atomic mass is 32.1. The van der Waals surface area contributed by atoms with Gasteiger partial charge in [-0.25, -0.2) is 9.79 Å². The molecule has 1 aliphatic rings. The molecule has 1 heterocycles. The smallest absolute Gasteiger partial charge is 0.335 e. The highest BCUT2D eigenvalue weighted by Crippen LogP contribution is 2.36. The highest BCUT2D eigenvalue weighted by Gasteiger charge is 2.28. The standard InChI is InChI=1S/C16H16N2O3S/c1-9-14(10(2)19)22-16(18(9)13-7-8-13)17-12-5-3-11(4-6-12)15(20)21/h3-6,13H,7-8H2,1-2H3,(H,20,21)/b17-16-. The summed E-state index contributed by atoms with van der Waals surface area (Å²) in [6.07, 6.45) is 2.22. The molecule has 0 bridgehead atoms. The SMILES string of the molecule is CC(=O)c1s/c(=N\c2ccc(C(=O)O)cc2)n(C2CC2)c1C. The van der Waals surface area contributed by atoms with Crippen molar-refractivity contribution in [3.05, 3.63) is 45.2 Å². The van der Waals surface area contributed by atoms with Gasteiger partial charge in [0.25, 0.3) is 0 Å². The molecule has 1 aliphatic carbocycles. The molecule has 1 fully saturated rings. The summed E-state index contributed by atoms with van der Waals surface area (Å²) < 4.78 is 2.13. The number of thiazole rings is 1. The number of rotatable bonds is 4. The molecule has 3 rings (SSSR count). The van der Waals surface area contributed by atoms with Gasteiger partial charge in [-0.05, 0) is 44.0 Å². The van der Waals surface area contributed by atoms with Crippen LogP contribution in [0.25, 0.3) is 0 Å². The van der Waals surface area contributed by atoms with Gasteiger partial charge in [0.1, 0.15) is 0 Å². The van der Waals surface area contributed by atoms with E-state index in [-0.39, 0.29) is 11.3 Å². The van der Waals surface area contributed by atoms with Gasteiger partial charge in [-0.3, -0.25) is 4.79 Å². The molecule has 0 unspecified atom stereocenters. The molecule has 0 amide bonds. The number of ketones is 1. The minimum atomic E-state index is -0.953. The van der Waals surface area contributed by atoms with E-state index in [1.165, 1.54) is 23.5 Å². The zero-order valence-corrected chi connectivity index (χ0v) is 13.2. The maximum atomic E-state index is 11.7. The summed E-state index contributed by atoms with van der Waals surface area (Å²) >= 11 is 1.40. The Balaban J connectivity index is 2.08. The van der Waals surface area contributed by atoms with E-state index in [4.69, 9.17) is 5.11 Å². The second kappa shape index (κ2) is 5.53. The molecule has 1 aromatic heterocycles. The number of hydrogen-bond donors (Lipinski definition) is 1. The summed E-state index contributed by atoms with van der Waals surface area (Å²) in [6, 6.07) is 6.87. The van der Waals surface area contributed by atoms with Crippen molar-refractivity contribution in [1.29, 1.82) is 0 Å². The van der Waals surface area contributed by atoms with E-state index in [1.807, 2.05) is 6.92 Å². The summed E-state index contributed by atoms with van der Waals surface area (Å²) in [5.41, 5.74) is 1.90. The van der Waals surface area contributed by atoms with Crippen LogP contribution in [0.4, 0.5) is 5.69 Å². The summed E-state index contributed by atoms with van der Waals surface area (Å²) in [7, 11) is 0. The minimum absolute atomic E-state index is 0.0552. The Morgan fingerprint density at radius 1 is 1.27 bits per heavy atom. The molecule has 0 saturated heterocycles. The van der Waals surface area contributed by atoms with Crippen LogP contribution in [0.2, 0.25) is 0 Å². The number of carboxylic acid groups (broad SMARTS) is 1. The molecule has 1 saturated carbocycles. The van der Waals surface area contributed by atoms with Gasteiger partial charge in [0, 0.05) is 18.7 Å². The molecule has 2 aromatic rings. The number of nitrogens with zero attached hydrogens (tertiary/aromatic N) is 2. The third-order valence-electron chi connectivity index (χ3n) is 3.66. The fourth-order valence-corrected chi connectivity index (χ4v) is 3.53. The van der Waals surface area contributed by atoms with Crippen LogP contribution in [0.15, 0.2) is 29.3 Å². The average Bonchev–Trinajstić information content (AvgIpc) is 3.24. The first-order valence-electron chi connectivity index (χ1n) is 7.08. The monoisotopic (exact) mass is 316 g/mol. The zero-order chi connectivity index (χ0) is 15.9. The summed E-state index contributed by atoms with van der Waals surface area (Å²) in [5.74, 6) is -0.898. The van der Waals surface area contributed by atoms with Crippen LogP contribution >= 0.6 is 11.3 Å². The maximum Gasteiger partial charge on any atom is 0.335 e. The van der Waals surface area contributed by atoms with E-state index < -0.39 is 5.97 Å². The van der Waals surface area contributed by atoms with E-state index in [2.05, 4.69) is 9.56 Å². The molecule has 22 heavy (non-hydrogen) atoms. The van der Waals surface area contributed by atoms with E-state index >= 15 is 0 Å². The Labute approximate surface area is 131 Å². The van der Waals surface area contributed by atoms with Crippen LogP contribution in [0.1, 0.15) is 51.5 Å². The first-order valence-corrected chi connectivity index (χ1v) is 7.90. The number of benzene rings is 1. The molecule has 6 heteroatoms. The van der Waals surface area contributed by atoms with E-state index in [9.17, 15) is 9.59 Å². The predicted molar refractivity (Wildman–Crippen MR) is 83.9 cm³/mol. The number of hydrogen-bond acceptors (Lipinski definition) is 4. The summed E-state index contributed by atoms with van der Waals surface area (Å²) in [5, 5.41) is 8.92. The Kier molecular flexibility index (Phi) is 3.70. The zero-order valence-electron chi connectivity index (χ0n) is 12.4. The van der Waals surface area contributed by atoms with Crippen molar-refractivity contribution >= 4 is 28.8 Å². The largest absolute Gasteiger partial charge is 0.478 e. The van der Waals surface area contributed by atoms with Crippen LogP contribution in [0.3, 0.4) is 0 Å². The highest BCUT2D eigenvalue weighted by molar-refractivity contribution is 7.11. The van der Waals surface area contributed by atoms with Gasteiger partial charge in [0.05, 0.1) is 16.1 Å². The second-order valence-electron chi connectivity index (χ2n) is 5.42. The Bertz CT molecular complexity index is 811. The fraction of sp³-hybridized carbons (Fsp3) is 0.312. The molecular formula is C16H16N2O3S. The normalized spacial score (nSPS) is 15.1. The average molecular weight is 316 g/mol. The van der Waals surface area contributed by atoms with Gasteiger partial charge in [-0.1, -0.05) is 11.3 Å². The summed E-state index contributed by atoms with van der Waals surface area (Å²) in [4.78, 5) is 28.8. The molecule has 0 aliphatic heterocycles. The van der Waals surface area contributed by atoms with Crippen molar-refractivity contribution in [2.75, 3.05) is 0 Å². The number of carbonyl (C=O) groups excluding carboxylic acids is 1. The Hall–Kier alpha value is -2.21. The molecule has 5 nitrogen and oxygen atoms in total. The molecule has 0 atom stereocenters. The molecule has 114 valence electrons. The molecular weight excluding hydrogens is 300 g/mol. The van der Waals surface area contributed by atoms with E-state index in [1.54, 1.807) is 19.1 Å². The molecule has 1 aromatic carbocycles. The number of carboxylic acids is 1. The number of Topliss-reactive ketones (excluding diaryl/α,β-unsaturated/α-hetero) is 1. The van der Waals surface area contributed by atoms with Crippen LogP contribution in [0, 0.1) is 6.92 Å². The lowest BCUT2D eigenvalue weighted by molar-refractivity contribution is 0.0696. The Morgan fingerprint density at radius 3 is 2.41 bits per heavy atom. The van der Waals surface area contributed by atoms with Gasteiger partial charge < -0.3 is 9.67 Å². The minimum Gasteiger partial charge on any atom is -0.478 e. The van der Waals surface area contributed by atoms with Crippen molar-refractivity contribution < 1.29 is 14.7 Å². The molecule has 1 N–H and O–H groups in total. The van der Waals surface area contributed by atoms with Crippen LogP contribution in [0.5, 0.6) is 0 Å². The number of aromatic nitrogens is 1. The van der Waals surface area contributed by atoms with Crippen LogP contribution in [-0.4, -0.2) is 21.4 Å². The number of carbonyl (C=O) groups is 2. The van der Waals surface area contributed by atoms with Crippen molar-refractivity contribution in [2.24, 2.45) is 4.99 Å². The van der Waals surface area contributed by atoms with E-state index in [0.717, 1.165) is 28.2 Å². The van der Waals surface area contributed by atoms with Crippen molar-refractivity contribution in [3.63, 3.8) is 0 Å². The lowest BCUT2D eigenvalue weighted by Crippen LogP contribution is -2.14. The van der Waals surface area contributed by atoms with Crippen molar-refractivity contribution in [1.82, 2.24) is 4.57 Å². The van der Waals surface area contributed by atoms with Crippen molar-refractivity contribution in [2.45, 2.75) is 32.7 Å². The van der Waals surface area contributed by atoms with Crippen LogP contribution < -0.4 is 4.80 Å². The Morgan fingerprint density at radius 2 is 1.91 bits per heavy atom. The topological polar surface area (TPSA) is 71.7 Å². The summed E-state index contributed by atoms with van der Waals surface area (Å²) in [6.45, 7) is 3.53. The lowest BCUT2D eigenvalue weighted by atomic mass is 10.2. The van der Waals surface area contributed by atoms with Crippen molar-refractivity contribution in [3.8, 4) is 0 Å². The second-order valence-corrected chi connectivity index (χ2v) is 6.40. The van der Waals surface area contributed by atoms with Gasteiger partial charge in [0.2, 0.25) is 0 Å². The van der Waals surface area contributed by atoms with Gasteiger partial charge in [-0.2, -0.15) is 0 Å². The van der Waals surface area contributed by atoms with Crippen LogP contribution in [-0.2, 0) is 0 Å².